The van der Waals surface area contributed by atoms with E-state index in [1.54, 1.807) is 0 Å². The second kappa shape index (κ2) is 5.98. The standard InChI is InChI=1S/C12H15ClFNO2/c1-7(2)11(16)6-15-12(17)9-4-3-8(13)5-10(9)14/h3-5,7,11,16H,6H2,1-2H3,(H,15,17). The third-order valence-electron chi connectivity index (χ3n) is 2.42. The van der Waals surface area contributed by atoms with E-state index in [4.69, 9.17) is 11.6 Å². The lowest BCUT2D eigenvalue weighted by Crippen LogP contribution is -2.35. The highest BCUT2D eigenvalue weighted by Crippen LogP contribution is 2.14. The Morgan fingerprint density at radius 1 is 1.53 bits per heavy atom. The van der Waals surface area contributed by atoms with Gasteiger partial charge in [-0.25, -0.2) is 4.39 Å². The molecule has 5 heteroatoms. The van der Waals surface area contributed by atoms with E-state index in [2.05, 4.69) is 5.32 Å². The maximum atomic E-state index is 13.4. The summed E-state index contributed by atoms with van der Waals surface area (Å²) in [6.07, 6.45) is -0.644. The molecule has 1 atom stereocenters. The van der Waals surface area contributed by atoms with Gasteiger partial charge in [0.2, 0.25) is 0 Å². The summed E-state index contributed by atoms with van der Waals surface area (Å²) >= 11 is 5.58. The summed E-state index contributed by atoms with van der Waals surface area (Å²) in [4.78, 5) is 11.6. The van der Waals surface area contributed by atoms with Gasteiger partial charge >= 0.3 is 0 Å². The molecule has 3 nitrogen and oxygen atoms in total. The van der Waals surface area contributed by atoms with Crippen molar-refractivity contribution in [3.05, 3.63) is 34.6 Å². The number of nitrogens with one attached hydrogen (secondary N) is 1. The second-order valence-corrected chi connectivity index (χ2v) is 4.58. The van der Waals surface area contributed by atoms with Crippen LogP contribution in [0.5, 0.6) is 0 Å². The van der Waals surface area contributed by atoms with Gasteiger partial charge in [0.25, 0.3) is 5.91 Å². The number of benzene rings is 1. The van der Waals surface area contributed by atoms with Gasteiger partial charge in [0.05, 0.1) is 11.7 Å². The van der Waals surface area contributed by atoms with Crippen molar-refractivity contribution in [1.29, 1.82) is 0 Å². The number of aliphatic hydroxyl groups excluding tert-OH is 1. The number of hydrogen-bond donors (Lipinski definition) is 2. The van der Waals surface area contributed by atoms with Crippen molar-refractivity contribution in [2.45, 2.75) is 20.0 Å². The smallest absolute Gasteiger partial charge is 0.254 e. The van der Waals surface area contributed by atoms with Gasteiger partial charge in [-0.3, -0.25) is 4.79 Å². The van der Waals surface area contributed by atoms with Crippen LogP contribution in [0.25, 0.3) is 0 Å². The highest BCUT2D eigenvalue weighted by molar-refractivity contribution is 6.30. The first-order chi connectivity index (χ1) is 7.91. The van der Waals surface area contributed by atoms with Crippen LogP contribution in [0.4, 0.5) is 4.39 Å². The maximum absolute atomic E-state index is 13.4. The van der Waals surface area contributed by atoms with Crippen LogP contribution in [0, 0.1) is 11.7 Å². The predicted molar refractivity (Wildman–Crippen MR) is 64.6 cm³/mol. The molecule has 1 unspecified atom stereocenters. The molecule has 0 aliphatic carbocycles. The van der Waals surface area contributed by atoms with Crippen molar-refractivity contribution in [2.75, 3.05) is 6.54 Å². The van der Waals surface area contributed by atoms with Gasteiger partial charge < -0.3 is 10.4 Å². The van der Waals surface area contributed by atoms with Gasteiger partial charge in [0, 0.05) is 11.6 Å². The van der Waals surface area contributed by atoms with Crippen LogP contribution in [0.1, 0.15) is 24.2 Å². The summed E-state index contributed by atoms with van der Waals surface area (Å²) in [5, 5.41) is 12.2. The molecule has 2 N–H and O–H groups in total. The van der Waals surface area contributed by atoms with Crippen LogP contribution < -0.4 is 5.32 Å². The Hall–Kier alpha value is -1.13. The van der Waals surface area contributed by atoms with E-state index in [0.717, 1.165) is 6.07 Å². The highest BCUT2D eigenvalue weighted by Gasteiger charge is 2.14. The first-order valence-corrected chi connectivity index (χ1v) is 5.71. The molecular formula is C12H15ClFNO2. The van der Waals surface area contributed by atoms with Crippen LogP contribution in [-0.4, -0.2) is 23.7 Å². The Morgan fingerprint density at radius 2 is 2.18 bits per heavy atom. The van der Waals surface area contributed by atoms with Crippen LogP contribution >= 0.6 is 11.6 Å². The fourth-order valence-corrected chi connectivity index (χ4v) is 1.36. The molecule has 0 fully saturated rings. The number of rotatable bonds is 4. The normalized spacial score (nSPS) is 12.6. The van der Waals surface area contributed by atoms with Crippen molar-refractivity contribution < 1.29 is 14.3 Å². The minimum absolute atomic E-state index is 0.0327. The molecule has 0 aliphatic rings. The molecule has 1 aromatic rings. The van der Waals surface area contributed by atoms with Crippen LogP contribution in [0.3, 0.4) is 0 Å². The number of halogens is 2. The first kappa shape index (κ1) is 13.9. The quantitative estimate of drug-likeness (QED) is 0.871. The van der Waals surface area contributed by atoms with E-state index < -0.39 is 17.8 Å². The lowest BCUT2D eigenvalue weighted by atomic mass is 10.1. The van der Waals surface area contributed by atoms with Crippen LogP contribution in [0.15, 0.2) is 18.2 Å². The van der Waals surface area contributed by atoms with Crippen molar-refractivity contribution in [1.82, 2.24) is 5.32 Å². The molecule has 0 bridgehead atoms. The van der Waals surface area contributed by atoms with Crippen molar-refractivity contribution >= 4 is 17.5 Å². The molecule has 0 radical (unpaired) electrons. The minimum Gasteiger partial charge on any atom is -0.391 e. The Kier molecular flexibility index (Phi) is 4.90. The lowest BCUT2D eigenvalue weighted by molar-refractivity contribution is 0.0868. The van der Waals surface area contributed by atoms with Crippen molar-refractivity contribution in [2.24, 2.45) is 5.92 Å². The fraction of sp³-hybridized carbons (Fsp3) is 0.417. The summed E-state index contributed by atoms with van der Waals surface area (Å²) in [5.74, 6) is -1.20. The molecule has 0 spiro atoms. The zero-order valence-electron chi connectivity index (χ0n) is 9.71. The van der Waals surface area contributed by atoms with E-state index >= 15 is 0 Å². The SMILES string of the molecule is CC(C)C(O)CNC(=O)c1ccc(Cl)cc1F. The summed E-state index contributed by atoms with van der Waals surface area (Å²) in [5.41, 5.74) is -0.0784. The molecule has 0 heterocycles. The average Bonchev–Trinajstić information content (AvgIpc) is 2.25. The van der Waals surface area contributed by atoms with E-state index in [-0.39, 0.29) is 23.0 Å². The largest absolute Gasteiger partial charge is 0.391 e. The van der Waals surface area contributed by atoms with Gasteiger partial charge in [0.1, 0.15) is 5.82 Å². The Morgan fingerprint density at radius 3 is 2.71 bits per heavy atom. The average molecular weight is 260 g/mol. The van der Waals surface area contributed by atoms with Gasteiger partial charge in [0.15, 0.2) is 0 Å². The molecule has 0 aromatic heterocycles. The molecule has 94 valence electrons. The summed E-state index contributed by atoms with van der Waals surface area (Å²) < 4.78 is 13.4. The minimum atomic E-state index is -0.672. The third-order valence-corrected chi connectivity index (χ3v) is 2.65. The maximum Gasteiger partial charge on any atom is 0.254 e. The number of aliphatic hydroxyl groups is 1. The Balaban J connectivity index is 2.64. The van der Waals surface area contributed by atoms with E-state index in [1.807, 2.05) is 13.8 Å². The number of amides is 1. The van der Waals surface area contributed by atoms with Crippen LogP contribution in [0.2, 0.25) is 5.02 Å². The van der Waals surface area contributed by atoms with E-state index in [1.165, 1.54) is 12.1 Å². The number of hydrogen-bond acceptors (Lipinski definition) is 2. The molecular weight excluding hydrogens is 245 g/mol. The van der Waals surface area contributed by atoms with E-state index in [9.17, 15) is 14.3 Å². The first-order valence-electron chi connectivity index (χ1n) is 5.33. The predicted octanol–water partition coefficient (Wildman–Crippen LogP) is 2.23. The summed E-state index contributed by atoms with van der Waals surface area (Å²) in [7, 11) is 0. The van der Waals surface area contributed by atoms with Gasteiger partial charge in [-0.2, -0.15) is 0 Å². The molecule has 1 rings (SSSR count). The number of carbonyl (C=O) groups is 1. The third kappa shape index (κ3) is 3.98. The number of carbonyl (C=O) groups excluding carboxylic acids is 1. The van der Waals surface area contributed by atoms with Gasteiger partial charge in [-0.1, -0.05) is 25.4 Å². The summed E-state index contributed by atoms with van der Waals surface area (Å²) in [6, 6.07) is 3.84. The monoisotopic (exact) mass is 259 g/mol. The van der Waals surface area contributed by atoms with Gasteiger partial charge in [-0.05, 0) is 24.1 Å². The van der Waals surface area contributed by atoms with Gasteiger partial charge in [-0.15, -0.1) is 0 Å². The molecule has 17 heavy (non-hydrogen) atoms. The van der Waals surface area contributed by atoms with Crippen LogP contribution in [-0.2, 0) is 0 Å². The molecule has 0 saturated heterocycles. The summed E-state index contributed by atoms with van der Waals surface area (Å²) in [6.45, 7) is 3.76. The molecule has 1 amide bonds. The second-order valence-electron chi connectivity index (χ2n) is 4.15. The topological polar surface area (TPSA) is 49.3 Å². The molecule has 1 aromatic carbocycles. The van der Waals surface area contributed by atoms with Crippen molar-refractivity contribution in [3.63, 3.8) is 0 Å². The highest BCUT2D eigenvalue weighted by atomic mass is 35.5. The Labute approximate surface area is 105 Å². The van der Waals surface area contributed by atoms with E-state index in [0.29, 0.717) is 0 Å². The molecule has 0 aliphatic heterocycles. The molecule has 0 saturated carbocycles. The Bertz CT molecular complexity index is 409. The van der Waals surface area contributed by atoms with Crippen molar-refractivity contribution in [3.8, 4) is 0 Å². The zero-order valence-corrected chi connectivity index (χ0v) is 10.5. The fourth-order valence-electron chi connectivity index (χ4n) is 1.20. The zero-order chi connectivity index (χ0) is 13.0. The lowest BCUT2D eigenvalue weighted by Gasteiger charge is -2.15.